The second-order valence-corrected chi connectivity index (χ2v) is 11.3. The zero-order chi connectivity index (χ0) is 24.6. The third-order valence-corrected chi connectivity index (χ3v) is 6.75. The molecule has 3 heterocycles. The van der Waals surface area contributed by atoms with Gasteiger partial charge in [-0.2, -0.15) is 5.26 Å². The SMILES string of the molecule is COCCC(=O)N1CCN(c2nc(C(C)(C)C)c3c(c2C#N)CC(C)(C)OC3)CC1C(C)C. The topological polar surface area (TPSA) is 78.7 Å². The Kier molecular flexibility index (Phi) is 7.40. The van der Waals surface area contributed by atoms with Gasteiger partial charge in [-0.05, 0) is 25.3 Å². The lowest BCUT2D eigenvalue weighted by Gasteiger charge is -2.45. The molecule has 7 nitrogen and oxygen atoms in total. The van der Waals surface area contributed by atoms with Gasteiger partial charge in [-0.1, -0.05) is 34.6 Å². The first-order valence-electron chi connectivity index (χ1n) is 12.0. The van der Waals surface area contributed by atoms with Crippen LogP contribution in [-0.4, -0.2) is 60.8 Å². The van der Waals surface area contributed by atoms with Crippen molar-refractivity contribution in [2.45, 2.75) is 85.0 Å². The first-order chi connectivity index (χ1) is 15.4. The predicted octanol–water partition coefficient (Wildman–Crippen LogP) is 3.81. The molecule has 0 spiro atoms. The van der Waals surface area contributed by atoms with E-state index in [1.165, 1.54) is 0 Å². The first kappa shape index (κ1) is 25.5. The molecule has 2 aliphatic rings. The number of hydrogen-bond donors (Lipinski definition) is 0. The highest BCUT2D eigenvalue weighted by Gasteiger charge is 2.38. The van der Waals surface area contributed by atoms with E-state index in [-0.39, 0.29) is 28.9 Å². The van der Waals surface area contributed by atoms with Crippen LogP contribution < -0.4 is 4.90 Å². The van der Waals surface area contributed by atoms with Crippen LogP contribution in [0.25, 0.3) is 0 Å². The van der Waals surface area contributed by atoms with Gasteiger partial charge < -0.3 is 19.3 Å². The summed E-state index contributed by atoms with van der Waals surface area (Å²) in [4.78, 5) is 22.2. The molecule has 1 aromatic heterocycles. The van der Waals surface area contributed by atoms with Crippen LogP contribution in [0.2, 0.25) is 0 Å². The lowest BCUT2D eigenvalue weighted by Crippen LogP contribution is -2.57. The highest BCUT2D eigenvalue weighted by atomic mass is 16.5. The molecule has 2 aliphatic heterocycles. The van der Waals surface area contributed by atoms with Crippen molar-refractivity contribution in [1.82, 2.24) is 9.88 Å². The van der Waals surface area contributed by atoms with Crippen LogP contribution in [0.1, 0.15) is 77.3 Å². The molecule has 7 heteroatoms. The Morgan fingerprint density at radius 3 is 2.58 bits per heavy atom. The zero-order valence-electron chi connectivity index (χ0n) is 21.6. The van der Waals surface area contributed by atoms with Crippen LogP contribution in [0.15, 0.2) is 0 Å². The Morgan fingerprint density at radius 2 is 2.00 bits per heavy atom. The number of methoxy groups -OCH3 is 1. The summed E-state index contributed by atoms with van der Waals surface area (Å²) in [6.45, 7) is 17.8. The van der Waals surface area contributed by atoms with E-state index in [1.54, 1.807) is 7.11 Å². The number of ether oxygens (including phenoxy) is 2. The first-order valence-corrected chi connectivity index (χ1v) is 12.0. The summed E-state index contributed by atoms with van der Waals surface area (Å²) in [6.07, 6.45) is 1.08. The van der Waals surface area contributed by atoms with Crippen LogP contribution in [-0.2, 0) is 32.7 Å². The van der Waals surface area contributed by atoms with Crippen molar-refractivity contribution in [3.8, 4) is 6.07 Å². The van der Waals surface area contributed by atoms with Gasteiger partial charge >= 0.3 is 0 Å². The van der Waals surface area contributed by atoms with Crippen LogP contribution in [0.5, 0.6) is 0 Å². The molecule has 1 saturated heterocycles. The number of piperazine rings is 1. The molecular weight excluding hydrogens is 416 g/mol. The smallest absolute Gasteiger partial charge is 0.225 e. The zero-order valence-corrected chi connectivity index (χ0v) is 21.6. The molecule has 0 bridgehead atoms. The summed E-state index contributed by atoms with van der Waals surface area (Å²) in [7, 11) is 1.62. The summed E-state index contributed by atoms with van der Waals surface area (Å²) >= 11 is 0. The second-order valence-electron chi connectivity index (χ2n) is 11.3. The van der Waals surface area contributed by atoms with Gasteiger partial charge in [0, 0.05) is 44.1 Å². The standard InChI is InChI=1S/C26H40N4O3/c1-17(2)21-15-29(10-11-30(21)22(31)9-12-32-8)24-19(14-27)18-13-26(6,7)33-16-20(18)23(28-24)25(3,4)5/h17,21H,9-13,15-16H2,1-8H3. The number of nitriles is 1. The molecule has 1 aromatic rings. The Balaban J connectivity index is 2.04. The maximum absolute atomic E-state index is 12.8. The van der Waals surface area contributed by atoms with Crippen molar-refractivity contribution in [3.63, 3.8) is 0 Å². The molecule has 1 fully saturated rings. The van der Waals surface area contributed by atoms with E-state index < -0.39 is 0 Å². The number of hydrogen-bond acceptors (Lipinski definition) is 6. The van der Waals surface area contributed by atoms with Crippen LogP contribution in [0, 0.1) is 17.2 Å². The number of carbonyl (C=O) groups is 1. The third-order valence-electron chi connectivity index (χ3n) is 6.75. The average Bonchev–Trinajstić information content (AvgIpc) is 2.74. The van der Waals surface area contributed by atoms with Gasteiger partial charge in [-0.25, -0.2) is 4.98 Å². The number of anilines is 1. The minimum Gasteiger partial charge on any atom is -0.384 e. The lowest BCUT2D eigenvalue weighted by molar-refractivity contribution is -0.135. The highest BCUT2D eigenvalue weighted by molar-refractivity contribution is 5.77. The number of amides is 1. The Labute approximate surface area is 199 Å². The number of pyridine rings is 1. The molecule has 0 aromatic carbocycles. The summed E-state index contributed by atoms with van der Waals surface area (Å²) in [5, 5.41) is 10.2. The van der Waals surface area contributed by atoms with E-state index in [9.17, 15) is 10.1 Å². The Hall–Kier alpha value is -2.17. The van der Waals surface area contributed by atoms with Crippen LogP contribution >= 0.6 is 0 Å². The molecule has 0 saturated carbocycles. The second kappa shape index (κ2) is 9.60. The quantitative estimate of drug-likeness (QED) is 0.670. The number of rotatable bonds is 5. The molecule has 0 aliphatic carbocycles. The molecule has 3 rings (SSSR count). The Morgan fingerprint density at radius 1 is 1.30 bits per heavy atom. The number of fused-ring (bicyclic) bond motifs is 1. The van der Waals surface area contributed by atoms with Crippen LogP contribution in [0.3, 0.4) is 0 Å². The minimum atomic E-state index is -0.320. The fourth-order valence-corrected chi connectivity index (χ4v) is 4.94. The van der Waals surface area contributed by atoms with Gasteiger partial charge in [0.25, 0.3) is 0 Å². The molecule has 33 heavy (non-hydrogen) atoms. The van der Waals surface area contributed by atoms with E-state index in [0.717, 1.165) is 22.6 Å². The van der Waals surface area contributed by atoms with Gasteiger partial charge in [-0.15, -0.1) is 0 Å². The van der Waals surface area contributed by atoms with Crippen molar-refractivity contribution in [1.29, 1.82) is 5.26 Å². The largest absolute Gasteiger partial charge is 0.384 e. The van der Waals surface area contributed by atoms with E-state index in [0.29, 0.717) is 51.3 Å². The van der Waals surface area contributed by atoms with E-state index in [4.69, 9.17) is 14.5 Å². The van der Waals surface area contributed by atoms with Gasteiger partial charge in [0.15, 0.2) is 0 Å². The normalized spacial score (nSPS) is 20.5. The molecular formula is C26H40N4O3. The van der Waals surface area contributed by atoms with E-state index in [2.05, 4.69) is 59.4 Å². The van der Waals surface area contributed by atoms with Crippen molar-refractivity contribution >= 4 is 11.7 Å². The number of nitrogens with zero attached hydrogens (tertiary/aromatic N) is 4. The fraction of sp³-hybridized carbons (Fsp3) is 0.731. The van der Waals surface area contributed by atoms with Gasteiger partial charge in [-0.3, -0.25) is 4.79 Å². The number of carbonyl (C=O) groups excluding carboxylic acids is 1. The molecule has 182 valence electrons. The summed E-state index contributed by atoms with van der Waals surface area (Å²) in [5.74, 6) is 1.17. The fourth-order valence-electron chi connectivity index (χ4n) is 4.94. The van der Waals surface area contributed by atoms with Crippen molar-refractivity contribution < 1.29 is 14.3 Å². The van der Waals surface area contributed by atoms with Gasteiger partial charge in [0.2, 0.25) is 5.91 Å². The highest BCUT2D eigenvalue weighted by Crippen LogP contribution is 2.39. The van der Waals surface area contributed by atoms with Crippen molar-refractivity contribution in [2.75, 3.05) is 38.3 Å². The van der Waals surface area contributed by atoms with Crippen LogP contribution in [0.4, 0.5) is 5.82 Å². The van der Waals surface area contributed by atoms with E-state index >= 15 is 0 Å². The third kappa shape index (κ3) is 5.33. The van der Waals surface area contributed by atoms with E-state index in [1.807, 2.05) is 4.90 Å². The van der Waals surface area contributed by atoms with Gasteiger partial charge in [0.1, 0.15) is 11.9 Å². The molecule has 1 atom stereocenters. The average molecular weight is 457 g/mol. The molecule has 0 N–H and O–H groups in total. The predicted molar refractivity (Wildman–Crippen MR) is 129 cm³/mol. The summed E-state index contributed by atoms with van der Waals surface area (Å²) < 4.78 is 11.2. The van der Waals surface area contributed by atoms with Gasteiger partial charge in [0.05, 0.1) is 42.5 Å². The maximum Gasteiger partial charge on any atom is 0.225 e. The number of aromatic nitrogens is 1. The minimum absolute atomic E-state index is 0.0605. The molecule has 0 radical (unpaired) electrons. The Bertz CT molecular complexity index is 927. The van der Waals surface area contributed by atoms with Crippen molar-refractivity contribution in [2.24, 2.45) is 5.92 Å². The molecule has 1 amide bonds. The lowest BCUT2D eigenvalue weighted by atomic mass is 9.81. The summed E-state index contributed by atoms with van der Waals surface area (Å²) in [5.41, 5.74) is 3.31. The van der Waals surface area contributed by atoms with Crippen molar-refractivity contribution in [3.05, 3.63) is 22.4 Å². The maximum atomic E-state index is 12.8. The summed E-state index contributed by atoms with van der Waals surface area (Å²) in [6, 6.07) is 2.55. The monoisotopic (exact) mass is 456 g/mol. The molecule has 1 unspecified atom stereocenters.